The van der Waals surface area contributed by atoms with Crippen molar-refractivity contribution in [1.29, 1.82) is 0 Å². The molecule has 0 bridgehead atoms. The van der Waals surface area contributed by atoms with E-state index < -0.39 is 0 Å². The lowest BCUT2D eigenvalue weighted by atomic mass is 9.99. The second-order valence-electron chi connectivity index (χ2n) is 5.05. The van der Waals surface area contributed by atoms with E-state index in [1.54, 1.807) is 0 Å². The number of alkyl halides is 1. The highest BCUT2D eigenvalue weighted by molar-refractivity contribution is 9.09. The molecule has 2 aromatic rings. The number of halogens is 1. The summed E-state index contributed by atoms with van der Waals surface area (Å²) in [5.74, 6) is 2.53. The van der Waals surface area contributed by atoms with Gasteiger partial charge in [-0.05, 0) is 37.0 Å². The average molecular weight is 307 g/mol. The summed E-state index contributed by atoms with van der Waals surface area (Å²) in [7, 11) is 0. The summed E-state index contributed by atoms with van der Waals surface area (Å²) in [5.41, 5.74) is 3.85. The minimum absolute atomic E-state index is 0.205. The van der Waals surface area contributed by atoms with Crippen LogP contribution in [0.2, 0.25) is 0 Å². The molecule has 96 valence electrons. The molecule has 1 aromatic heterocycles. The molecule has 0 spiro atoms. The summed E-state index contributed by atoms with van der Waals surface area (Å²) in [5, 5.41) is 0. The minimum atomic E-state index is 0.205. The monoisotopic (exact) mass is 306 g/mol. The predicted octanol–water partition coefficient (Wildman–Crippen LogP) is 5.50. The highest BCUT2D eigenvalue weighted by Crippen LogP contribution is 2.34. The zero-order chi connectivity index (χ0) is 13.3. The number of aryl methyl sites for hydroxylation is 2. The van der Waals surface area contributed by atoms with Gasteiger partial charge in [0.15, 0.2) is 0 Å². The third kappa shape index (κ3) is 2.69. The van der Waals surface area contributed by atoms with E-state index in [4.69, 9.17) is 4.42 Å². The van der Waals surface area contributed by atoms with Crippen LogP contribution in [-0.2, 0) is 0 Å². The summed E-state index contributed by atoms with van der Waals surface area (Å²) >= 11 is 3.76. The van der Waals surface area contributed by atoms with Gasteiger partial charge in [-0.25, -0.2) is 0 Å². The molecule has 18 heavy (non-hydrogen) atoms. The van der Waals surface area contributed by atoms with E-state index in [1.807, 2.05) is 13.8 Å². The molecule has 0 N–H and O–H groups in total. The molecular formula is C16H19BrO. The first-order chi connectivity index (χ1) is 8.49. The first-order valence-corrected chi connectivity index (χ1v) is 7.21. The van der Waals surface area contributed by atoms with E-state index >= 15 is 0 Å². The molecule has 0 aliphatic rings. The Bertz CT molecular complexity index is 523. The molecule has 0 aliphatic heterocycles. The van der Waals surface area contributed by atoms with Crippen LogP contribution in [0, 0.1) is 13.8 Å². The zero-order valence-electron chi connectivity index (χ0n) is 11.3. The van der Waals surface area contributed by atoms with Gasteiger partial charge in [0.1, 0.15) is 11.5 Å². The van der Waals surface area contributed by atoms with E-state index in [9.17, 15) is 0 Å². The van der Waals surface area contributed by atoms with Gasteiger partial charge >= 0.3 is 0 Å². The molecule has 2 heteroatoms. The van der Waals surface area contributed by atoms with Gasteiger partial charge in [0.2, 0.25) is 0 Å². The molecule has 0 saturated carbocycles. The Hall–Kier alpha value is -1.02. The number of benzene rings is 1. The smallest absolute Gasteiger partial charge is 0.105 e. The average Bonchev–Trinajstić information content (AvgIpc) is 2.67. The Morgan fingerprint density at radius 1 is 1.00 bits per heavy atom. The normalized spacial score (nSPS) is 13.0. The molecular weight excluding hydrogens is 288 g/mol. The van der Waals surface area contributed by atoms with Gasteiger partial charge in [-0.1, -0.05) is 54.0 Å². The van der Waals surface area contributed by atoms with Crippen molar-refractivity contribution in [2.24, 2.45) is 0 Å². The maximum absolute atomic E-state index is 5.59. The number of furan rings is 1. The zero-order valence-corrected chi connectivity index (χ0v) is 12.9. The highest BCUT2D eigenvalue weighted by Gasteiger charge is 2.16. The third-order valence-corrected chi connectivity index (χ3v) is 4.27. The molecule has 0 aliphatic carbocycles. The van der Waals surface area contributed by atoms with Crippen LogP contribution in [0.15, 0.2) is 34.7 Å². The number of hydrogen-bond donors (Lipinski definition) is 0. The van der Waals surface area contributed by atoms with Gasteiger partial charge in [0.05, 0.1) is 4.83 Å². The van der Waals surface area contributed by atoms with Crippen molar-refractivity contribution in [1.82, 2.24) is 0 Å². The maximum Gasteiger partial charge on any atom is 0.105 e. The van der Waals surface area contributed by atoms with Crippen LogP contribution >= 0.6 is 15.9 Å². The second-order valence-corrected chi connectivity index (χ2v) is 5.97. The SMILES string of the molecule is Cc1cc(C(Br)c2ccc(C(C)C)cc2)c(C)o1. The van der Waals surface area contributed by atoms with Gasteiger partial charge in [-0.3, -0.25) is 0 Å². The second kappa shape index (κ2) is 5.31. The lowest BCUT2D eigenvalue weighted by molar-refractivity contribution is 0.502. The van der Waals surface area contributed by atoms with Crippen molar-refractivity contribution in [3.63, 3.8) is 0 Å². The summed E-state index contributed by atoms with van der Waals surface area (Å²) in [6.45, 7) is 8.42. The van der Waals surface area contributed by atoms with Crippen molar-refractivity contribution >= 4 is 15.9 Å². The summed E-state index contributed by atoms with van der Waals surface area (Å²) < 4.78 is 5.59. The fraction of sp³-hybridized carbons (Fsp3) is 0.375. The van der Waals surface area contributed by atoms with Gasteiger partial charge < -0.3 is 4.42 Å². The molecule has 1 heterocycles. The van der Waals surface area contributed by atoms with Crippen LogP contribution in [0.25, 0.3) is 0 Å². The van der Waals surface area contributed by atoms with Crippen LogP contribution in [0.3, 0.4) is 0 Å². The molecule has 0 amide bonds. The van der Waals surface area contributed by atoms with Crippen LogP contribution in [0.1, 0.15) is 52.8 Å². The standard InChI is InChI=1S/C16H19BrO/c1-10(2)13-5-7-14(8-6-13)16(17)15-9-11(3)18-12(15)4/h5-10,16H,1-4H3. The molecule has 0 radical (unpaired) electrons. The largest absolute Gasteiger partial charge is 0.466 e. The molecule has 1 unspecified atom stereocenters. The van der Waals surface area contributed by atoms with E-state index in [0.717, 1.165) is 11.5 Å². The lowest BCUT2D eigenvalue weighted by Gasteiger charge is -2.11. The Morgan fingerprint density at radius 3 is 2.00 bits per heavy atom. The first kappa shape index (κ1) is 13.4. The minimum Gasteiger partial charge on any atom is -0.466 e. The Balaban J connectivity index is 2.28. The van der Waals surface area contributed by atoms with Crippen LogP contribution in [0.5, 0.6) is 0 Å². The van der Waals surface area contributed by atoms with E-state index in [-0.39, 0.29) is 4.83 Å². The molecule has 1 atom stereocenters. The van der Waals surface area contributed by atoms with Crippen molar-refractivity contribution in [2.45, 2.75) is 38.4 Å². The fourth-order valence-electron chi connectivity index (χ4n) is 2.13. The maximum atomic E-state index is 5.59. The lowest BCUT2D eigenvalue weighted by Crippen LogP contribution is -1.94. The topological polar surface area (TPSA) is 13.1 Å². The van der Waals surface area contributed by atoms with Crippen LogP contribution in [0.4, 0.5) is 0 Å². The van der Waals surface area contributed by atoms with Gasteiger partial charge in [0, 0.05) is 5.56 Å². The summed E-state index contributed by atoms with van der Waals surface area (Å²) in [4.78, 5) is 0.205. The Morgan fingerprint density at radius 2 is 1.56 bits per heavy atom. The highest BCUT2D eigenvalue weighted by atomic mass is 79.9. The van der Waals surface area contributed by atoms with Gasteiger partial charge in [-0.15, -0.1) is 0 Å². The van der Waals surface area contributed by atoms with Crippen molar-refractivity contribution in [3.8, 4) is 0 Å². The predicted molar refractivity (Wildman–Crippen MR) is 79.5 cm³/mol. The Kier molecular flexibility index (Phi) is 3.96. The van der Waals surface area contributed by atoms with E-state index in [1.165, 1.54) is 16.7 Å². The third-order valence-electron chi connectivity index (χ3n) is 3.25. The van der Waals surface area contributed by atoms with Gasteiger partial charge in [-0.2, -0.15) is 0 Å². The quantitative estimate of drug-likeness (QED) is 0.682. The number of rotatable bonds is 3. The summed E-state index contributed by atoms with van der Waals surface area (Å²) in [6.07, 6.45) is 0. The van der Waals surface area contributed by atoms with Crippen LogP contribution < -0.4 is 0 Å². The summed E-state index contributed by atoms with van der Waals surface area (Å²) in [6, 6.07) is 10.9. The molecule has 0 saturated heterocycles. The van der Waals surface area contributed by atoms with Crippen molar-refractivity contribution in [2.75, 3.05) is 0 Å². The first-order valence-electron chi connectivity index (χ1n) is 6.30. The van der Waals surface area contributed by atoms with Crippen molar-refractivity contribution < 1.29 is 4.42 Å². The molecule has 1 nitrogen and oxygen atoms in total. The van der Waals surface area contributed by atoms with E-state index in [2.05, 4.69) is 60.1 Å². The fourth-order valence-corrected chi connectivity index (χ4v) is 2.89. The molecule has 0 fully saturated rings. The van der Waals surface area contributed by atoms with Gasteiger partial charge in [0.25, 0.3) is 0 Å². The number of hydrogen-bond acceptors (Lipinski definition) is 1. The molecule has 2 rings (SSSR count). The van der Waals surface area contributed by atoms with E-state index in [0.29, 0.717) is 5.92 Å². The van der Waals surface area contributed by atoms with Crippen LogP contribution in [-0.4, -0.2) is 0 Å². The molecule has 1 aromatic carbocycles. The van der Waals surface area contributed by atoms with Crippen molar-refractivity contribution in [3.05, 3.63) is 58.5 Å². The Labute approximate surface area is 117 Å².